The molecule has 0 aromatic carbocycles. The molecule has 2 N–H and O–H groups in total. The summed E-state index contributed by atoms with van der Waals surface area (Å²) in [5.41, 5.74) is -2.09. The molecule has 1 rings (SSSR count). The molecule has 1 saturated carbocycles. The van der Waals surface area contributed by atoms with Gasteiger partial charge in [0.2, 0.25) is 0 Å². The average Bonchev–Trinajstić information content (AvgIpc) is 2.09. The van der Waals surface area contributed by atoms with E-state index in [0.29, 0.717) is 6.42 Å². The Kier molecular flexibility index (Phi) is 2.91. The Bertz CT molecular complexity index is 235. The van der Waals surface area contributed by atoms with Crippen LogP contribution in [0.5, 0.6) is 0 Å². The van der Waals surface area contributed by atoms with Crippen LogP contribution in [0.1, 0.15) is 46.5 Å². The fraction of sp³-hybridized carbons (Fsp3) is 0.909. The Morgan fingerprint density at radius 2 is 2.00 bits per heavy atom. The van der Waals surface area contributed by atoms with Crippen LogP contribution < -0.4 is 0 Å². The molecule has 0 bridgehead atoms. The maximum Gasteiger partial charge on any atom is 0.312 e. The van der Waals surface area contributed by atoms with Gasteiger partial charge in [-0.15, -0.1) is 0 Å². The van der Waals surface area contributed by atoms with Gasteiger partial charge in [0.15, 0.2) is 0 Å². The molecule has 3 heteroatoms. The Morgan fingerprint density at radius 1 is 1.43 bits per heavy atom. The lowest BCUT2D eigenvalue weighted by molar-refractivity contribution is -0.178. The third-order valence-corrected chi connectivity index (χ3v) is 3.88. The standard InChI is InChI=1S/C11H20O3/c1-8-6-4-5-7-11(8,14)10(2,3)9(12)13/h8,14H,4-7H2,1-3H3,(H,12,13)/t8-,11+/m1/s1. The zero-order valence-corrected chi connectivity index (χ0v) is 9.21. The van der Waals surface area contributed by atoms with Crippen LogP contribution >= 0.6 is 0 Å². The Balaban J connectivity index is 2.96. The summed E-state index contributed by atoms with van der Waals surface area (Å²) in [6, 6.07) is 0. The largest absolute Gasteiger partial charge is 0.481 e. The van der Waals surface area contributed by atoms with Crippen LogP contribution in [0.2, 0.25) is 0 Å². The van der Waals surface area contributed by atoms with Crippen LogP contribution in [-0.2, 0) is 4.79 Å². The van der Waals surface area contributed by atoms with Crippen molar-refractivity contribution in [1.82, 2.24) is 0 Å². The Morgan fingerprint density at radius 3 is 2.43 bits per heavy atom. The Hall–Kier alpha value is -0.570. The van der Waals surface area contributed by atoms with Crippen molar-refractivity contribution < 1.29 is 15.0 Å². The summed E-state index contributed by atoms with van der Waals surface area (Å²) in [5.74, 6) is -0.837. The molecule has 0 amide bonds. The first kappa shape index (κ1) is 11.5. The number of hydrogen-bond donors (Lipinski definition) is 2. The molecule has 14 heavy (non-hydrogen) atoms. The Labute approximate surface area is 85.1 Å². The number of aliphatic hydroxyl groups is 1. The second kappa shape index (κ2) is 3.54. The number of hydrogen-bond acceptors (Lipinski definition) is 2. The lowest BCUT2D eigenvalue weighted by Gasteiger charge is -2.46. The van der Waals surface area contributed by atoms with Gasteiger partial charge in [0.1, 0.15) is 0 Å². The van der Waals surface area contributed by atoms with Gasteiger partial charge < -0.3 is 10.2 Å². The van der Waals surface area contributed by atoms with Gasteiger partial charge in [0, 0.05) is 0 Å². The smallest absolute Gasteiger partial charge is 0.312 e. The molecule has 0 aliphatic heterocycles. The molecule has 1 aliphatic carbocycles. The van der Waals surface area contributed by atoms with E-state index in [-0.39, 0.29) is 5.92 Å². The van der Waals surface area contributed by atoms with E-state index in [4.69, 9.17) is 5.11 Å². The lowest BCUT2D eigenvalue weighted by Crippen LogP contribution is -2.55. The van der Waals surface area contributed by atoms with Gasteiger partial charge in [-0.3, -0.25) is 4.79 Å². The first-order valence-electron chi connectivity index (χ1n) is 5.28. The van der Waals surface area contributed by atoms with E-state index >= 15 is 0 Å². The summed E-state index contributed by atoms with van der Waals surface area (Å²) in [6.45, 7) is 5.19. The van der Waals surface area contributed by atoms with Crippen molar-refractivity contribution in [2.75, 3.05) is 0 Å². The minimum absolute atomic E-state index is 0.0716. The monoisotopic (exact) mass is 200 g/mol. The van der Waals surface area contributed by atoms with Gasteiger partial charge in [-0.2, -0.15) is 0 Å². The quantitative estimate of drug-likeness (QED) is 0.717. The molecule has 0 saturated heterocycles. The van der Waals surface area contributed by atoms with E-state index in [9.17, 15) is 9.90 Å². The van der Waals surface area contributed by atoms with Crippen molar-refractivity contribution in [1.29, 1.82) is 0 Å². The van der Waals surface area contributed by atoms with Crippen LogP contribution in [0.3, 0.4) is 0 Å². The molecular formula is C11H20O3. The van der Waals surface area contributed by atoms with Crippen molar-refractivity contribution in [2.45, 2.75) is 52.1 Å². The predicted octanol–water partition coefficient (Wildman–Crippen LogP) is 2.04. The molecule has 3 nitrogen and oxygen atoms in total. The topological polar surface area (TPSA) is 57.5 Å². The van der Waals surface area contributed by atoms with Crippen molar-refractivity contribution in [2.24, 2.45) is 11.3 Å². The maximum atomic E-state index is 11.1. The van der Waals surface area contributed by atoms with Crippen LogP contribution in [0.15, 0.2) is 0 Å². The molecule has 0 spiro atoms. The second-order valence-corrected chi connectivity index (χ2v) is 5.00. The number of carboxylic acids is 1. The summed E-state index contributed by atoms with van der Waals surface area (Å²) in [6.07, 6.45) is 3.55. The molecule has 82 valence electrons. The van der Waals surface area contributed by atoms with Crippen LogP contribution in [0.4, 0.5) is 0 Å². The predicted molar refractivity (Wildman–Crippen MR) is 54.0 cm³/mol. The van der Waals surface area contributed by atoms with E-state index in [0.717, 1.165) is 19.3 Å². The van der Waals surface area contributed by atoms with E-state index in [1.54, 1.807) is 13.8 Å². The van der Waals surface area contributed by atoms with Crippen LogP contribution in [0.25, 0.3) is 0 Å². The SMILES string of the molecule is C[C@@H]1CCCC[C@@]1(O)C(C)(C)C(=O)O. The normalized spacial score (nSPS) is 34.1. The maximum absolute atomic E-state index is 11.1. The van der Waals surface area contributed by atoms with Crippen molar-refractivity contribution in [3.05, 3.63) is 0 Å². The molecule has 2 atom stereocenters. The fourth-order valence-electron chi connectivity index (χ4n) is 2.44. The van der Waals surface area contributed by atoms with Gasteiger partial charge >= 0.3 is 5.97 Å². The van der Waals surface area contributed by atoms with Gasteiger partial charge in [0.05, 0.1) is 11.0 Å². The van der Waals surface area contributed by atoms with Crippen molar-refractivity contribution in [3.63, 3.8) is 0 Å². The molecule has 1 fully saturated rings. The number of rotatable bonds is 2. The van der Waals surface area contributed by atoms with E-state index < -0.39 is 17.0 Å². The molecule has 0 aromatic heterocycles. The third-order valence-electron chi connectivity index (χ3n) is 3.88. The molecular weight excluding hydrogens is 180 g/mol. The molecule has 0 aromatic rings. The van der Waals surface area contributed by atoms with Gasteiger partial charge in [-0.05, 0) is 32.6 Å². The zero-order valence-electron chi connectivity index (χ0n) is 9.21. The first-order valence-corrected chi connectivity index (χ1v) is 5.28. The van der Waals surface area contributed by atoms with Gasteiger partial charge in [-0.25, -0.2) is 0 Å². The minimum Gasteiger partial charge on any atom is -0.481 e. The first-order chi connectivity index (χ1) is 6.32. The van der Waals surface area contributed by atoms with E-state index in [2.05, 4.69) is 0 Å². The molecule has 1 aliphatic rings. The average molecular weight is 200 g/mol. The summed E-state index contributed by atoms with van der Waals surface area (Å²) in [5, 5.41) is 19.6. The van der Waals surface area contributed by atoms with Crippen LogP contribution in [-0.4, -0.2) is 21.8 Å². The highest BCUT2D eigenvalue weighted by molar-refractivity contribution is 5.75. The fourth-order valence-corrected chi connectivity index (χ4v) is 2.44. The summed E-state index contributed by atoms with van der Waals surface area (Å²) in [7, 11) is 0. The molecule has 0 radical (unpaired) electrons. The number of carbonyl (C=O) groups is 1. The molecule has 0 unspecified atom stereocenters. The van der Waals surface area contributed by atoms with Crippen molar-refractivity contribution in [3.8, 4) is 0 Å². The lowest BCUT2D eigenvalue weighted by atomic mass is 9.62. The highest BCUT2D eigenvalue weighted by Crippen LogP contribution is 2.45. The summed E-state index contributed by atoms with van der Waals surface area (Å²) >= 11 is 0. The zero-order chi connectivity index (χ0) is 11.0. The summed E-state index contributed by atoms with van der Waals surface area (Å²) < 4.78 is 0. The number of carboxylic acid groups (broad SMARTS) is 1. The van der Waals surface area contributed by atoms with Crippen LogP contribution in [0, 0.1) is 11.3 Å². The minimum atomic E-state index is -1.05. The number of aliphatic carboxylic acids is 1. The highest BCUT2D eigenvalue weighted by atomic mass is 16.4. The van der Waals surface area contributed by atoms with E-state index in [1.165, 1.54) is 0 Å². The second-order valence-electron chi connectivity index (χ2n) is 5.00. The highest BCUT2D eigenvalue weighted by Gasteiger charge is 2.52. The van der Waals surface area contributed by atoms with Gasteiger partial charge in [-0.1, -0.05) is 19.8 Å². The van der Waals surface area contributed by atoms with E-state index in [1.807, 2.05) is 6.92 Å². The van der Waals surface area contributed by atoms with Gasteiger partial charge in [0.25, 0.3) is 0 Å². The summed E-state index contributed by atoms with van der Waals surface area (Å²) in [4.78, 5) is 11.1. The van der Waals surface area contributed by atoms with Crippen molar-refractivity contribution >= 4 is 5.97 Å². The third kappa shape index (κ3) is 1.54. The molecule has 0 heterocycles.